The van der Waals surface area contributed by atoms with Crippen molar-refractivity contribution < 1.29 is 27.2 Å². The quantitative estimate of drug-likeness (QED) is 0.373. The molecule has 0 radical (unpaired) electrons. The van der Waals surface area contributed by atoms with E-state index >= 15 is 0 Å². The Kier molecular flexibility index (Phi) is 6.71. The Bertz CT molecular complexity index is 1170. The zero-order valence-electron chi connectivity index (χ0n) is 16.2. The first-order valence-electron chi connectivity index (χ1n) is 8.87. The second kappa shape index (κ2) is 9.43. The van der Waals surface area contributed by atoms with Gasteiger partial charge in [-0.1, -0.05) is 18.2 Å². The number of amides is 1. The molecule has 0 saturated carbocycles. The average Bonchev–Trinajstić information content (AvgIpc) is 3.08. The van der Waals surface area contributed by atoms with Crippen LogP contribution in [0, 0.1) is 11.3 Å². The van der Waals surface area contributed by atoms with Gasteiger partial charge in [0.1, 0.15) is 23.3 Å². The lowest BCUT2D eigenvalue weighted by molar-refractivity contribution is -0.117. The summed E-state index contributed by atoms with van der Waals surface area (Å²) >= 11 is 0. The summed E-state index contributed by atoms with van der Waals surface area (Å²) in [5.41, 5.74) is 0.325. The van der Waals surface area contributed by atoms with Crippen LogP contribution in [0.2, 0.25) is 0 Å². The highest BCUT2D eigenvalue weighted by Gasteiger charge is 2.37. The number of carbonyl (C=O) groups excluding carboxylic acids is 1. The van der Waals surface area contributed by atoms with Crippen molar-refractivity contribution in [3.63, 3.8) is 0 Å². The van der Waals surface area contributed by atoms with Gasteiger partial charge in [0.15, 0.2) is 5.71 Å². The summed E-state index contributed by atoms with van der Waals surface area (Å²) in [6.45, 7) is 0.276. The standard InChI is InChI=1S/C19H17N5O6S/c1-29-9-10-30-16-8-7-13(11-17(16)31(26,27)28)21-22-18-15(12-20)23-24(19(18)25)14-5-3-2-4-6-14/h2-8,11,18H,9-10H2,1H3,(H,26,27,28). The SMILES string of the molecule is COCCOc1ccc(N=NC2C(=O)N(c3ccccc3)N=C2C#N)cc1S(=O)(=O)O. The van der Waals surface area contributed by atoms with Crippen molar-refractivity contribution in [2.75, 3.05) is 25.3 Å². The number of hydrogen-bond acceptors (Lipinski definition) is 9. The number of anilines is 1. The highest BCUT2D eigenvalue weighted by molar-refractivity contribution is 7.86. The van der Waals surface area contributed by atoms with Crippen molar-refractivity contribution in [1.29, 1.82) is 5.26 Å². The third-order valence-corrected chi connectivity index (χ3v) is 4.94. The summed E-state index contributed by atoms with van der Waals surface area (Å²) in [6, 6.07) is 12.8. The lowest BCUT2D eigenvalue weighted by Gasteiger charge is -2.11. The smallest absolute Gasteiger partial charge is 0.298 e. The average molecular weight is 443 g/mol. The van der Waals surface area contributed by atoms with Gasteiger partial charge in [-0.25, -0.2) is 0 Å². The first-order chi connectivity index (χ1) is 14.8. The van der Waals surface area contributed by atoms with E-state index in [-0.39, 0.29) is 30.4 Å². The summed E-state index contributed by atoms with van der Waals surface area (Å²) in [6.07, 6.45) is 0. The minimum Gasteiger partial charge on any atom is -0.490 e. The van der Waals surface area contributed by atoms with Crippen LogP contribution in [0.5, 0.6) is 5.75 Å². The summed E-state index contributed by atoms with van der Waals surface area (Å²) < 4.78 is 43.0. The number of nitriles is 1. The van der Waals surface area contributed by atoms with Crippen LogP contribution in [0.3, 0.4) is 0 Å². The van der Waals surface area contributed by atoms with Gasteiger partial charge in [0.2, 0.25) is 6.04 Å². The van der Waals surface area contributed by atoms with Crippen molar-refractivity contribution in [2.45, 2.75) is 10.9 Å². The van der Waals surface area contributed by atoms with Gasteiger partial charge in [0, 0.05) is 7.11 Å². The molecule has 0 spiro atoms. The highest BCUT2D eigenvalue weighted by atomic mass is 32.2. The predicted molar refractivity (Wildman–Crippen MR) is 109 cm³/mol. The number of rotatable bonds is 8. The molecule has 0 saturated heterocycles. The number of azo groups is 1. The summed E-state index contributed by atoms with van der Waals surface area (Å²) in [4.78, 5) is 12.1. The molecule has 1 aliphatic heterocycles. The van der Waals surface area contributed by atoms with Gasteiger partial charge in [-0.05, 0) is 30.3 Å². The minimum absolute atomic E-state index is 0.0231. The molecular formula is C19H17N5O6S. The van der Waals surface area contributed by atoms with Crippen LogP contribution < -0.4 is 9.75 Å². The molecule has 11 nitrogen and oxygen atoms in total. The van der Waals surface area contributed by atoms with Crippen LogP contribution in [0.4, 0.5) is 11.4 Å². The van der Waals surface area contributed by atoms with Crippen molar-refractivity contribution >= 4 is 33.1 Å². The number of ether oxygens (including phenoxy) is 2. The molecule has 12 heteroatoms. The number of benzene rings is 2. The van der Waals surface area contributed by atoms with Crippen molar-refractivity contribution in [2.24, 2.45) is 15.3 Å². The first kappa shape index (κ1) is 22.0. The number of nitrogens with zero attached hydrogens (tertiary/aromatic N) is 5. The highest BCUT2D eigenvalue weighted by Crippen LogP contribution is 2.29. The summed E-state index contributed by atoms with van der Waals surface area (Å²) in [7, 11) is -3.16. The molecule has 0 fully saturated rings. The fourth-order valence-electron chi connectivity index (χ4n) is 2.63. The molecule has 3 rings (SSSR count). The van der Waals surface area contributed by atoms with Gasteiger partial charge in [-0.15, -0.1) is 0 Å². The van der Waals surface area contributed by atoms with Gasteiger partial charge in [0.05, 0.1) is 18.0 Å². The number of para-hydroxylation sites is 1. The van der Waals surface area contributed by atoms with E-state index in [4.69, 9.17) is 9.47 Å². The van der Waals surface area contributed by atoms with Gasteiger partial charge < -0.3 is 9.47 Å². The Balaban J connectivity index is 1.86. The molecule has 1 amide bonds. The molecule has 160 valence electrons. The fraction of sp³-hybridized carbons (Fsp3) is 0.211. The molecule has 0 bridgehead atoms. The minimum atomic E-state index is -4.62. The zero-order valence-corrected chi connectivity index (χ0v) is 17.1. The van der Waals surface area contributed by atoms with Crippen LogP contribution in [0.15, 0.2) is 68.8 Å². The number of carbonyl (C=O) groups is 1. The molecule has 1 atom stereocenters. The molecule has 1 N–H and O–H groups in total. The van der Waals surface area contributed by atoms with E-state index in [0.29, 0.717) is 5.69 Å². The van der Waals surface area contributed by atoms with Gasteiger partial charge in [0.25, 0.3) is 16.0 Å². The molecular weight excluding hydrogens is 426 g/mol. The van der Waals surface area contributed by atoms with Gasteiger partial charge in [-0.2, -0.15) is 34.0 Å². The number of hydrogen-bond donors (Lipinski definition) is 1. The lowest BCUT2D eigenvalue weighted by atomic mass is 10.2. The Morgan fingerprint density at radius 1 is 1.23 bits per heavy atom. The Morgan fingerprint density at radius 3 is 2.61 bits per heavy atom. The second-order valence-electron chi connectivity index (χ2n) is 6.15. The Hall–Kier alpha value is -3.66. The number of hydrazone groups is 1. The van der Waals surface area contributed by atoms with Crippen LogP contribution >= 0.6 is 0 Å². The Labute approximate surface area is 178 Å². The van der Waals surface area contributed by atoms with Gasteiger partial charge in [-0.3, -0.25) is 9.35 Å². The number of methoxy groups -OCH3 is 1. The van der Waals surface area contributed by atoms with Crippen molar-refractivity contribution in [1.82, 2.24) is 0 Å². The molecule has 0 aromatic heterocycles. The fourth-order valence-corrected chi connectivity index (χ4v) is 3.28. The lowest BCUT2D eigenvalue weighted by Crippen LogP contribution is -2.30. The van der Waals surface area contributed by atoms with E-state index in [1.807, 2.05) is 6.07 Å². The molecule has 1 heterocycles. The molecule has 1 aliphatic rings. The van der Waals surface area contributed by atoms with Crippen molar-refractivity contribution in [3.05, 3.63) is 48.5 Å². The maximum absolute atomic E-state index is 12.7. The van der Waals surface area contributed by atoms with Gasteiger partial charge >= 0.3 is 0 Å². The van der Waals surface area contributed by atoms with Crippen molar-refractivity contribution in [3.8, 4) is 11.8 Å². The molecule has 0 aliphatic carbocycles. The van der Waals surface area contributed by atoms with E-state index in [9.17, 15) is 23.0 Å². The van der Waals surface area contributed by atoms with E-state index in [0.717, 1.165) is 11.1 Å². The molecule has 2 aromatic rings. The second-order valence-corrected chi connectivity index (χ2v) is 7.54. The summed E-state index contributed by atoms with van der Waals surface area (Å²) in [5, 5.41) is 22.1. The predicted octanol–water partition coefficient (Wildman–Crippen LogP) is 2.34. The first-order valence-corrected chi connectivity index (χ1v) is 10.3. The van der Waals surface area contributed by atoms with Crippen LogP contribution in [-0.4, -0.2) is 51.0 Å². The van der Waals surface area contributed by atoms with Crippen LogP contribution in [0.25, 0.3) is 0 Å². The third-order valence-electron chi connectivity index (χ3n) is 4.06. The summed E-state index contributed by atoms with van der Waals surface area (Å²) in [5.74, 6) is -0.675. The monoisotopic (exact) mass is 443 g/mol. The molecule has 1 unspecified atom stereocenters. The largest absolute Gasteiger partial charge is 0.490 e. The normalized spacial score (nSPS) is 16.4. The maximum atomic E-state index is 12.7. The van der Waals surface area contributed by atoms with Crippen LogP contribution in [0.1, 0.15) is 0 Å². The Morgan fingerprint density at radius 2 is 1.97 bits per heavy atom. The third kappa shape index (κ3) is 5.10. The molecule has 31 heavy (non-hydrogen) atoms. The van der Waals surface area contributed by atoms with E-state index in [1.54, 1.807) is 30.3 Å². The van der Waals surface area contributed by atoms with E-state index in [1.165, 1.54) is 19.2 Å². The van der Waals surface area contributed by atoms with E-state index in [2.05, 4.69) is 15.3 Å². The topological polar surface area (TPSA) is 154 Å². The maximum Gasteiger partial charge on any atom is 0.298 e. The molecule has 2 aromatic carbocycles. The zero-order chi connectivity index (χ0) is 22.4. The van der Waals surface area contributed by atoms with E-state index < -0.39 is 27.0 Å². The van der Waals surface area contributed by atoms with Crippen LogP contribution in [-0.2, 0) is 19.6 Å².